The maximum absolute atomic E-state index is 12.7. The van der Waals surface area contributed by atoms with Crippen molar-refractivity contribution in [3.63, 3.8) is 0 Å². The summed E-state index contributed by atoms with van der Waals surface area (Å²) in [5, 5.41) is 2.88. The third kappa shape index (κ3) is 4.74. The fourth-order valence-corrected chi connectivity index (χ4v) is 3.72. The lowest BCUT2D eigenvalue weighted by Crippen LogP contribution is -2.38. The number of rotatable bonds is 8. The summed E-state index contributed by atoms with van der Waals surface area (Å²) in [5.74, 6) is 1.72. The molecular formula is C24H26N4O4. The molecule has 2 aromatic carbocycles. The average molecular weight is 434 g/mol. The lowest BCUT2D eigenvalue weighted by atomic mass is 10.0. The summed E-state index contributed by atoms with van der Waals surface area (Å²) in [4.78, 5) is 34.3. The van der Waals surface area contributed by atoms with Crippen LogP contribution in [-0.2, 0) is 22.4 Å². The molecule has 0 unspecified atom stereocenters. The minimum atomic E-state index is -0.200. The van der Waals surface area contributed by atoms with E-state index in [2.05, 4.69) is 15.3 Å². The van der Waals surface area contributed by atoms with Crippen LogP contribution in [0.3, 0.4) is 0 Å². The average Bonchev–Trinajstić information content (AvgIpc) is 3.15. The number of methoxy groups -OCH3 is 2. The Morgan fingerprint density at radius 1 is 1.19 bits per heavy atom. The minimum Gasteiger partial charge on any atom is -0.493 e. The molecule has 8 heteroatoms. The number of benzene rings is 2. The van der Waals surface area contributed by atoms with E-state index in [0.29, 0.717) is 18.0 Å². The van der Waals surface area contributed by atoms with Crippen LogP contribution in [0.5, 0.6) is 11.5 Å². The van der Waals surface area contributed by atoms with Crippen molar-refractivity contribution in [3.05, 3.63) is 59.5 Å². The van der Waals surface area contributed by atoms with Crippen LogP contribution in [-0.4, -0.2) is 54.0 Å². The van der Waals surface area contributed by atoms with Crippen molar-refractivity contribution in [3.8, 4) is 11.5 Å². The van der Waals surface area contributed by atoms with Gasteiger partial charge in [0.05, 0.1) is 31.7 Å². The van der Waals surface area contributed by atoms with Crippen LogP contribution in [0.1, 0.15) is 23.4 Å². The number of aryl methyl sites for hydroxylation is 1. The molecule has 1 aromatic heterocycles. The lowest BCUT2D eigenvalue weighted by molar-refractivity contribution is -0.132. The number of carbonyl (C=O) groups excluding carboxylic acids is 2. The molecule has 0 bridgehead atoms. The SMILES string of the molecule is COc1cc2c(cc1OC)CC(=O)N(CC(=O)NCCCc1nc3ccccc3[nH]1)C=C2. The number of nitrogens with zero attached hydrogens (tertiary/aromatic N) is 2. The van der Waals surface area contributed by atoms with Crippen LogP contribution >= 0.6 is 0 Å². The van der Waals surface area contributed by atoms with Crippen molar-refractivity contribution >= 4 is 28.9 Å². The van der Waals surface area contributed by atoms with Gasteiger partial charge in [0.2, 0.25) is 11.8 Å². The maximum atomic E-state index is 12.7. The summed E-state index contributed by atoms with van der Waals surface area (Å²) in [7, 11) is 3.13. The fourth-order valence-electron chi connectivity index (χ4n) is 3.72. The third-order valence-corrected chi connectivity index (χ3v) is 5.41. The Balaban J connectivity index is 1.29. The first-order chi connectivity index (χ1) is 15.6. The molecule has 2 N–H and O–H groups in total. The Bertz CT molecular complexity index is 1140. The summed E-state index contributed by atoms with van der Waals surface area (Å²) in [6, 6.07) is 11.5. The molecule has 4 rings (SSSR count). The predicted octanol–water partition coefficient (Wildman–Crippen LogP) is 2.68. The van der Waals surface area contributed by atoms with E-state index in [0.717, 1.165) is 40.8 Å². The van der Waals surface area contributed by atoms with E-state index >= 15 is 0 Å². The van der Waals surface area contributed by atoms with Gasteiger partial charge in [-0.05, 0) is 47.9 Å². The van der Waals surface area contributed by atoms with Gasteiger partial charge < -0.3 is 24.7 Å². The number of hydrogen-bond donors (Lipinski definition) is 2. The summed E-state index contributed by atoms with van der Waals surface area (Å²) < 4.78 is 10.7. The molecule has 1 aliphatic rings. The van der Waals surface area contributed by atoms with E-state index in [1.54, 1.807) is 26.5 Å². The van der Waals surface area contributed by atoms with Gasteiger partial charge in [-0.15, -0.1) is 0 Å². The number of fused-ring (bicyclic) bond motifs is 2. The van der Waals surface area contributed by atoms with Gasteiger partial charge in [-0.1, -0.05) is 12.1 Å². The molecule has 0 aliphatic carbocycles. The molecule has 0 saturated carbocycles. The number of hydrogen-bond acceptors (Lipinski definition) is 5. The van der Waals surface area contributed by atoms with Gasteiger partial charge in [0, 0.05) is 19.2 Å². The second kappa shape index (κ2) is 9.55. The predicted molar refractivity (Wildman–Crippen MR) is 121 cm³/mol. The normalized spacial score (nSPS) is 13.1. The number of H-pyrrole nitrogens is 1. The van der Waals surface area contributed by atoms with Crippen molar-refractivity contribution in [2.75, 3.05) is 27.3 Å². The summed E-state index contributed by atoms with van der Waals surface area (Å²) in [6.45, 7) is 0.485. The van der Waals surface area contributed by atoms with E-state index in [4.69, 9.17) is 9.47 Å². The van der Waals surface area contributed by atoms with Crippen LogP contribution in [0.4, 0.5) is 0 Å². The second-order valence-electron chi connectivity index (χ2n) is 7.57. The molecule has 32 heavy (non-hydrogen) atoms. The highest BCUT2D eigenvalue weighted by atomic mass is 16.5. The third-order valence-electron chi connectivity index (χ3n) is 5.41. The molecule has 0 atom stereocenters. The standard InChI is InChI=1S/C24H26N4O4/c1-31-20-12-16-9-11-28(24(30)14-17(16)13-21(20)32-2)15-23(29)25-10-5-8-22-26-18-6-3-4-7-19(18)27-22/h3-4,6-7,9,11-13H,5,8,10,14-15H2,1-2H3,(H,25,29)(H,26,27). The van der Waals surface area contributed by atoms with Gasteiger partial charge in [-0.25, -0.2) is 4.98 Å². The molecule has 0 fully saturated rings. The Kier molecular flexibility index (Phi) is 6.39. The first-order valence-electron chi connectivity index (χ1n) is 10.5. The number of carbonyl (C=O) groups is 2. The number of para-hydroxylation sites is 2. The van der Waals surface area contributed by atoms with E-state index in [1.165, 1.54) is 4.90 Å². The highest BCUT2D eigenvalue weighted by Gasteiger charge is 2.21. The van der Waals surface area contributed by atoms with Crippen molar-refractivity contribution in [2.45, 2.75) is 19.3 Å². The van der Waals surface area contributed by atoms with Crippen molar-refractivity contribution in [2.24, 2.45) is 0 Å². The molecule has 3 aromatic rings. The van der Waals surface area contributed by atoms with E-state index < -0.39 is 0 Å². The van der Waals surface area contributed by atoms with Crippen molar-refractivity contribution in [1.29, 1.82) is 0 Å². The zero-order valence-corrected chi connectivity index (χ0v) is 18.2. The maximum Gasteiger partial charge on any atom is 0.240 e. The molecule has 0 spiro atoms. The highest BCUT2D eigenvalue weighted by Crippen LogP contribution is 2.32. The molecule has 0 radical (unpaired) electrons. The largest absolute Gasteiger partial charge is 0.493 e. The first kappa shape index (κ1) is 21.4. The highest BCUT2D eigenvalue weighted by molar-refractivity contribution is 5.89. The molecular weight excluding hydrogens is 408 g/mol. The van der Waals surface area contributed by atoms with Gasteiger partial charge in [0.15, 0.2) is 11.5 Å². The number of nitrogens with one attached hydrogen (secondary N) is 2. The summed E-state index contributed by atoms with van der Waals surface area (Å²) in [6.07, 6.45) is 5.13. The van der Waals surface area contributed by atoms with Gasteiger partial charge in [0.1, 0.15) is 12.4 Å². The van der Waals surface area contributed by atoms with Gasteiger partial charge >= 0.3 is 0 Å². The van der Waals surface area contributed by atoms with Crippen molar-refractivity contribution < 1.29 is 19.1 Å². The van der Waals surface area contributed by atoms with E-state index in [9.17, 15) is 9.59 Å². The molecule has 2 heterocycles. The molecule has 2 amide bonds. The first-order valence-corrected chi connectivity index (χ1v) is 10.5. The smallest absolute Gasteiger partial charge is 0.240 e. The van der Waals surface area contributed by atoms with Gasteiger partial charge in [0.25, 0.3) is 0 Å². The summed E-state index contributed by atoms with van der Waals surface area (Å²) in [5.41, 5.74) is 3.64. The van der Waals surface area contributed by atoms with Crippen LogP contribution in [0, 0.1) is 0 Å². The zero-order valence-electron chi connectivity index (χ0n) is 18.2. The lowest BCUT2D eigenvalue weighted by Gasteiger charge is -2.16. The number of imidazole rings is 1. The second-order valence-corrected chi connectivity index (χ2v) is 7.57. The number of aromatic amines is 1. The molecule has 1 aliphatic heterocycles. The van der Waals surface area contributed by atoms with Crippen LogP contribution in [0.15, 0.2) is 42.6 Å². The minimum absolute atomic E-state index is 0.0256. The Morgan fingerprint density at radius 3 is 2.75 bits per heavy atom. The Morgan fingerprint density at radius 2 is 1.97 bits per heavy atom. The van der Waals surface area contributed by atoms with E-state index in [1.807, 2.05) is 36.4 Å². The van der Waals surface area contributed by atoms with Gasteiger partial charge in [-0.3, -0.25) is 9.59 Å². The molecule has 166 valence electrons. The van der Waals surface area contributed by atoms with Crippen molar-refractivity contribution in [1.82, 2.24) is 20.2 Å². The monoisotopic (exact) mass is 434 g/mol. The number of ether oxygens (including phenoxy) is 2. The fraction of sp³-hybridized carbons (Fsp3) is 0.292. The topological polar surface area (TPSA) is 96.6 Å². The molecule has 8 nitrogen and oxygen atoms in total. The van der Waals surface area contributed by atoms with Crippen LogP contribution < -0.4 is 14.8 Å². The van der Waals surface area contributed by atoms with Crippen LogP contribution in [0.2, 0.25) is 0 Å². The van der Waals surface area contributed by atoms with Crippen LogP contribution in [0.25, 0.3) is 17.1 Å². The van der Waals surface area contributed by atoms with Gasteiger partial charge in [-0.2, -0.15) is 0 Å². The summed E-state index contributed by atoms with van der Waals surface area (Å²) >= 11 is 0. The quantitative estimate of drug-likeness (QED) is 0.532. The number of aromatic nitrogens is 2. The molecule has 0 saturated heterocycles. The van der Waals surface area contributed by atoms with E-state index in [-0.39, 0.29) is 24.8 Å². The Labute approximate surface area is 186 Å². The zero-order chi connectivity index (χ0) is 22.5. The number of amides is 2. The Hall–Kier alpha value is -3.81.